The van der Waals surface area contributed by atoms with Crippen molar-refractivity contribution in [2.24, 2.45) is 5.73 Å². The van der Waals surface area contributed by atoms with Gasteiger partial charge in [-0.15, -0.1) is 0 Å². The predicted molar refractivity (Wildman–Crippen MR) is 84.8 cm³/mol. The monoisotopic (exact) mass is 269 g/mol. The number of hydrogen-bond acceptors (Lipinski definition) is 3. The van der Waals surface area contributed by atoms with Gasteiger partial charge in [-0.1, -0.05) is 24.3 Å². The van der Waals surface area contributed by atoms with Crippen molar-refractivity contribution in [1.82, 2.24) is 4.98 Å². The lowest BCUT2D eigenvalue weighted by atomic mass is 10.1. The van der Waals surface area contributed by atoms with Gasteiger partial charge < -0.3 is 10.6 Å². The fourth-order valence-corrected chi connectivity index (χ4v) is 2.35. The standard InChI is InChI=1S/C17H23N3/c1-4-20(12-16-8-6-5-7-13(16)2)17-10-15(11-18)9-14(3)19-17/h5-10H,4,11-12,18H2,1-3H3. The van der Waals surface area contributed by atoms with E-state index in [1.807, 2.05) is 13.0 Å². The molecule has 0 unspecified atom stereocenters. The number of pyridine rings is 1. The fraction of sp³-hybridized carbons (Fsp3) is 0.353. The van der Waals surface area contributed by atoms with Gasteiger partial charge in [0.2, 0.25) is 0 Å². The number of benzene rings is 1. The Bertz CT molecular complexity index is 578. The van der Waals surface area contributed by atoms with E-state index < -0.39 is 0 Å². The minimum atomic E-state index is 0.554. The summed E-state index contributed by atoms with van der Waals surface area (Å²) in [6.07, 6.45) is 0. The van der Waals surface area contributed by atoms with Gasteiger partial charge >= 0.3 is 0 Å². The number of hydrogen-bond donors (Lipinski definition) is 1. The van der Waals surface area contributed by atoms with Crippen molar-refractivity contribution in [3.63, 3.8) is 0 Å². The molecule has 1 heterocycles. The number of nitrogens with zero attached hydrogens (tertiary/aromatic N) is 2. The first kappa shape index (κ1) is 14.5. The summed E-state index contributed by atoms with van der Waals surface area (Å²) in [5.74, 6) is 1.01. The predicted octanol–water partition coefficient (Wildman–Crippen LogP) is 3.18. The first-order valence-corrected chi connectivity index (χ1v) is 7.11. The molecule has 1 aromatic carbocycles. The average Bonchev–Trinajstić information content (AvgIpc) is 2.45. The zero-order valence-electron chi connectivity index (χ0n) is 12.6. The number of aryl methyl sites for hydroxylation is 2. The molecule has 0 saturated carbocycles. The normalized spacial score (nSPS) is 10.6. The van der Waals surface area contributed by atoms with Gasteiger partial charge in [0.05, 0.1) is 0 Å². The van der Waals surface area contributed by atoms with Crippen LogP contribution in [0.15, 0.2) is 36.4 Å². The van der Waals surface area contributed by atoms with E-state index in [2.05, 4.69) is 54.1 Å². The van der Waals surface area contributed by atoms with E-state index in [-0.39, 0.29) is 0 Å². The molecule has 0 aliphatic rings. The maximum absolute atomic E-state index is 5.76. The maximum atomic E-state index is 5.76. The zero-order chi connectivity index (χ0) is 14.5. The summed E-state index contributed by atoms with van der Waals surface area (Å²) in [7, 11) is 0. The van der Waals surface area contributed by atoms with Crippen LogP contribution in [0.5, 0.6) is 0 Å². The van der Waals surface area contributed by atoms with E-state index in [0.29, 0.717) is 6.54 Å². The molecule has 0 saturated heterocycles. The van der Waals surface area contributed by atoms with Crippen LogP contribution in [-0.2, 0) is 13.1 Å². The molecule has 0 radical (unpaired) electrons. The quantitative estimate of drug-likeness (QED) is 0.906. The molecule has 106 valence electrons. The van der Waals surface area contributed by atoms with Crippen molar-refractivity contribution in [1.29, 1.82) is 0 Å². The molecule has 2 N–H and O–H groups in total. The zero-order valence-corrected chi connectivity index (χ0v) is 12.6. The molecular formula is C17H23N3. The lowest BCUT2D eigenvalue weighted by Crippen LogP contribution is -2.24. The third kappa shape index (κ3) is 3.36. The molecule has 3 heteroatoms. The molecule has 2 rings (SSSR count). The molecule has 3 nitrogen and oxygen atoms in total. The van der Waals surface area contributed by atoms with Gasteiger partial charge in [-0.3, -0.25) is 0 Å². The topological polar surface area (TPSA) is 42.1 Å². The Morgan fingerprint density at radius 1 is 1.15 bits per heavy atom. The van der Waals surface area contributed by atoms with Gasteiger partial charge in [-0.05, 0) is 49.6 Å². The SMILES string of the molecule is CCN(Cc1ccccc1C)c1cc(CN)cc(C)n1. The molecule has 0 bridgehead atoms. The Balaban J connectivity index is 2.28. The summed E-state index contributed by atoms with van der Waals surface area (Å²) in [6.45, 7) is 8.68. The van der Waals surface area contributed by atoms with Crippen LogP contribution in [0.3, 0.4) is 0 Å². The number of rotatable bonds is 5. The second-order valence-corrected chi connectivity index (χ2v) is 5.12. The highest BCUT2D eigenvalue weighted by Crippen LogP contribution is 2.19. The summed E-state index contributed by atoms with van der Waals surface area (Å²) in [6, 6.07) is 12.6. The average molecular weight is 269 g/mol. The smallest absolute Gasteiger partial charge is 0.129 e. The largest absolute Gasteiger partial charge is 0.353 e. The van der Waals surface area contributed by atoms with Gasteiger partial charge in [0.15, 0.2) is 0 Å². The van der Waals surface area contributed by atoms with Crippen LogP contribution in [0.2, 0.25) is 0 Å². The second kappa shape index (κ2) is 6.53. The first-order valence-electron chi connectivity index (χ1n) is 7.11. The van der Waals surface area contributed by atoms with Crippen molar-refractivity contribution >= 4 is 5.82 Å². The minimum absolute atomic E-state index is 0.554. The molecule has 0 atom stereocenters. The Hall–Kier alpha value is -1.87. The summed E-state index contributed by atoms with van der Waals surface area (Å²) in [5, 5.41) is 0. The first-order chi connectivity index (χ1) is 9.63. The summed E-state index contributed by atoms with van der Waals surface area (Å²) in [4.78, 5) is 6.94. The van der Waals surface area contributed by atoms with E-state index in [9.17, 15) is 0 Å². The highest BCUT2D eigenvalue weighted by Gasteiger charge is 2.09. The van der Waals surface area contributed by atoms with Gasteiger partial charge in [0, 0.05) is 25.3 Å². The minimum Gasteiger partial charge on any atom is -0.353 e. The molecule has 0 aliphatic carbocycles. The van der Waals surface area contributed by atoms with Gasteiger partial charge in [0.25, 0.3) is 0 Å². The second-order valence-electron chi connectivity index (χ2n) is 5.12. The van der Waals surface area contributed by atoms with Gasteiger partial charge in [-0.2, -0.15) is 0 Å². The Labute approximate surface area is 121 Å². The molecular weight excluding hydrogens is 246 g/mol. The fourth-order valence-electron chi connectivity index (χ4n) is 2.35. The van der Waals surface area contributed by atoms with Gasteiger partial charge in [-0.25, -0.2) is 4.98 Å². The molecule has 1 aromatic heterocycles. The Morgan fingerprint density at radius 3 is 2.55 bits per heavy atom. The van der Waals surface area contributed by atoms with E-state index in [4.69, 9.17) is 5.73 Å². The van der Waals surface area contributed by atoms with Crippen LogP contribution in [0, 0.1) is 13.8 Å². The van der Waals surface area contributed by atoms with Gasteiger partial charge in [0.1, 0.15) is 5.82 Å². The molecule has 0 spiro atoms. The molecule has 20 heavy (non-hydrogen) atoms. The van der Waals surface area contributed by atoms with Crippen LogP contribution in [0.4, 0.5) is 5.82 Å². The Kier molecular flexibility index (Phi) is 4.74. The van der Waals surface area contributed by atoms with E-state index in [1.54, 1.807) is 0 Å². The van der Waals surface area contributed by atoms with E-state index in [0.717, 1.165) is 30.2 Å². The highest BCUT2D eigenvalue weighted by molar-refractivity contribution is 5.44. The van der Waals surface area contributed by atoms with Crippen LogP contribution in [0.1, 0.15) is 29.3 Å². The molecule has 0 fully saturated rings. The van der Waals surface area contributed by atoms with Crippen molar-refractivity contribution in [3.8, 4) is 0 Å². The van der Waals surface area contributed by atoms with Crippen molar-refractivity contribution in [2.45, 2.75) is 33.9 Å². The van der Waals surface area contributed by atoms with Crippen LogP contribution >= 0.6 is 0 Å². The lowest BCUT2D eigenvalue weighted by molar-refractivity contribution is 0.804. The van der Waals surface area contributed by atoms with E-state index >= 15 is 0 Å². The van der Waals surface area contributed by atoms with Crippen LogP contribution in [0.25, 0.3) is 0 Å². The molecule has 2 aromatic rings. The maximum Gasteiger partial charge on any atom is 0.129 e. The number of anilines is 1. The Morgan fingerprint density at radius 2 is 1.90 bits per heavy atom. The summed E-state index contributed by atoms with van der Waals surface area (Å²) in [5.41, 5.74) is 10.6. The van der Waals surface area contributed by atoms with Crippen molar-refractivity contribution < 1.29 is 0 Å². The third-order valence-corrected chi connectivity index (χ3v) is 3.56. The summed E-state index contributed by atoms with van der Waals surface area (Å²) < 4.78 is 0. The summed E-state index contributed by atoms with van der Waals surface area (Å²) >= 11 is 0. The van der Waals surface area contributed by atoms with Crippen LogP contribution in [-0.4, -0.2) is 11.5 Å². The third-order valence-electron chi connectivity index (χ3n) is 3.56. The highest BCUT2D eigenvalue weighted by atomic mass is 15.2. The van der Waals surface area contributed by atoms with Crippen molar-refractivity contribution in [3.05, 3.63) is 58.8 Å². The van der Waals surface area contributed by atoms with Crippen molar-refractivity contribution in [2.75, 3.05) is 11.4 Å². The number of aromatic nitrogens is 1. The molecule has 0 amide bonds. The lowest BCUT2D eigenvalue weighted by Gasteiger charge is -2.24. The number of nitrogens with two attached hydrogens (primary N) is 1. The van der Waals surface area contributed by atoms with Crippen LogP contribution < -0.4 is 10.6 Å². The molecule has 0 aliphatic heterocycles. The van der Waals surface area contributed by atoms with E-state index in [1.165, 1.54) is 11.1 Å².